The summed E-state index contributed by atoms with van der Waals surface area (Å²) in [4.78, 5) is 9.23. The van der Waals surface area contributed by atoms with Gasteiger partial charge >= 0.3 is 0 Å². The number of anilines is 3. The van der Waals surface area contributed by atoms with Crippen molar-refractivity contribution in [2.45, 2.75) is 6.42 Å². The third-order valence-corrected chi connectivity index (χ3v) is 6.70. The lowest BCUT2D eigenvalue weighted by Crippen LogP contribution is -2.23. The van der Waals surface area contributed by atoms with E-state index in [2.05, 4.69) is 20.9 Å². The number of nitrogens with one attached hydrogen (secondary N) is 3. The summed E-state index contributed by atoms with van der Waals surface area (Å²) >= 11 is 18.6. The van der Waals surface area contributed by atoms with E-state index in [-0.39, 0.29) is 0 Å². The molecule has 202 valence electrons. The molecule has 5 aromatic rings. The number of hydrogen-bond donors (Lipinski definition) is 3. The van der Waals surface area contributed by atoms with Crippen molar-refractivity contribution in [1.82, 2.24) is 4.98 Å². The van der Waals surface area contributed by atoms with E-state index >= 15 is 0 Å². The fraction of sp³-hybridized carbons (Fsp3) is 0.0968. The van der Waals surface area contributed by atoms with Gasteiger partial charge in [0.05, 0.1) is 16.2 Å². The normalized spacial score (nSPS) is 11.3. The average molecular weight is 591 g/mol. The molecular weight excluding hydrogens is 565 g/mol. The van der Waals surface area contributed by atoms with E-state index in [1.165, 1.54) is 0 Å². The molecule has 40 heavy (non-hydrogen) atoms. The van der Waals surface area contributed by atoms with Gasteiger partial charge in [0.1, 0.15) is 5.75 Å². The average Bonchev–Trinajstić information content (AvgIpc) is 2.96. The Hall–Kier alpha value is -3.97. The molecule has 0 saturated heterocycles. The van der Waals surface area contributed by atoms with E-state index in [1.54, 1.807) is 24.4 Å². The van der Waals surface area contributed by atoms with Crippen LogP contribution in [0.15, 0.2) is 108 Å². The van der Waals surface area contributed by atoms with E-state index in [4.69, 9.17) is 44.5 Å². The number of halogens is 3. The summed E-state index contributed by atoms with van der Waals surface area (Å²) in [7, 11) is 0. The Morgan fingerprint density at radius 3 is 2.40 bits per heavy atom. The number of benzene rings is 4. The van der Waals surface area contributed by atoms with E-state index in [0.717, 1.165) is 40.9 Å². The number of rotatable bonds is 9. The molecule has 1 aromatic heterocycles. The smallest absolute Gasteiger partial charge is 0.200 e. The highest BCUT2D eigenvalue weighted by Crippen LogP contribution is 2.35. The molecule has 9 heteroatoms. The van der Waals surface area contributed by atoms with Gasteiger partial charge in [-0.1, -0.05) is 65.1 Å². The lowest BCUT2D eigenvalue weighted by atomic mass is 10.2. The molecule has 0 aliphatic carbocycles. The Morgan fingerprint density at radius 1 is 0.750 bits per heavy atom. The van der Waals surface area contributed by atoms with Crippen LogP contribution >= 0.6 is 34.8 Å². The molecule has 0 fully saturated rings. The van der Waals surface area contributed by atoms with Gasteiger partial charge < -0.3 is 20.7 Å². The molecule has 1 heterocycles. The Kier molecular flexibility index (Phi) is 9.24. The second-order valence-corrected chi connectivity index (χ2v) is 10.1. The lowest BCUT2D eigenvalue weighted by molar-refractivity contribution is 0.485. The fourth-order valence-electron chi connectivity index (χ4n) is 4.00. The van der Waals surface area contributed by atoms with Crippen LogP contribution in [0.2, 0.25) is 15.1 Å². The van der Waals surface area contributed by atoms with Gasteiger partial charge in [-0.2, -0.15) is 0 Å². The number of pyridine rings is 1. The molecule has 0 spiro atoms. The van der Waals surface area contributed by atoms with Crippen molar-refractivity contribution in [1.29, 1.82) is 0 Å². The van der Waals surface area contributed by atoms with Crippen molar-refractivity contribution < 1.29 is 4.74 Å². The first-order valence-electron chi connectivity index (χ1n) is 12.7. The molecule has 0 atom stereocenters. The summed E-state index contributed by atoms with van der Waals surface area (Å²) < 4.78 is 6.12. The predicted molar refractivity (Wildman–Crippen MR) is 169 cm³/mol. The number of aromatic nitrogens is 1. The number of para-hydroxylation sites is 3. The zero-order chi connectivity index (χ0) is 27.7. The maximum Gasteiger partial charge on any atom is 0.200 e. The maximum atomic E-state index is 6.34. The van der Waals surface area contributed by atoms with Crippen LogP contribution in [0.1, 0.15) is 6.42 Å². The molecule has 0 saturated carbocycles. The van der Waals surface area contributed by atoms with Gasteiger partial charge in [0.2, 0.25) is 0 Å². The van der Waals surface area contributed by atoms with Crippen molar-refractivity contribution in [2.75, 3.05) is 29.0 Å². The predicted octanol–water partition coefficient (Wildman–Crippen LogP) is 9.37. The first kappa shape index (κ1) is 27.6. The van der Waals surface area contributed by atoms with Crippen LogP contribution in [-0.2, 0) is 0 Å². The lowest BCUT2D eigenvalue weighted by Gasteiger charge is -2.17. The first-order valence-corrected chi connectivity index (χ1v) is 13.8. The Balaban J connectivity index is 1.29. The summed E-state index contributed by atoms with van der Waals surface area (Å²) in [6.45, 7) is 1.31. The molecule has 5 rings (SSSR count). The minimum absolute atomic E-state index is 0.466. The zero-order valence-electron chi connectivity index (χ0n) is 21.4. The van der Waals surface area contributed by atoms with Gasteiger partial charge in [-0.3, -0.25) is 9.98 Å². The maximum absolute atomic E-state index is 6.34. The SMILES string of the molecule is Clc1ccc(Cl)c(Oc2ccccc2NC(=NCCCNc2ccnc3cc(Cl)ccc23)Nc2ccccc2)c1. The highest BCUT2D eigenvalue weighted by atomic mass is 35.5. The van der Waals surface area contributed by atoms with Gasteiger partial charge in [0.25, 0.3) is 0 Å². The quantitative estimate of drug-likeness (QED) is 0.0906. The molecule has 0 amide bonds. The topological polar surface area (TPSA) is 70.6 Å². The van der Waals surface area contributed by atoms with Crippen LogP contribution in [0.25, 0.3) is 10.9 Å². The molecular formula is C31H26Cl3N5O. The number of fused-ring (bicyclic) bond motifs is 1. The molecule has 0 aliphatic heterocycles. The van der Waals surface area contributed by atoms with Gasteiger partial charge in [-0.05, 0) is 67.1 Å². The first-order chi connectivity index (χ1) is 19.5. The Labute approximate surface area is 248 Å². The molecule has 3 N–H and O–H groups in total. The summed E-state index contributed by atoms with van der Waals surface area (Å²) in [6, 6.07) is 30.2. The molecule has 0 radical (unpaired) electrons. The Bertz CT molecular complexity index is 1630. The minimum Gasteiger partial charge on any atom is -0.454 e. The molecule has 0 bridgehead atoms. The third-order valence-electron chi connectivity index (χ3n) is 5.91. The van der Waals surface area contributed by atoms with Crippen molar-refractivity contribution in [3.8, 4) is 11.5 Å². The van der Waals surface area contributed by atoms with Gasteiger partial charge in [0.15, 0.2) is 11.7 Å². The van der Waals surface area contributed by atoms with Crippen molar-refractivity contribution in [2.24, 2.45) is 4.99 Å². The van der Waals surface area contributed by atoms with Crippen LogP contribution in [0, 0.1) is 0 Å². The van der Waals surface area contributed by atoms with E-state index in [0.29, 0.717) is 39.1 Å². The highest BCUT2D eigenvalue weighted by Gasteiger charge is 2.11. The number of guanidine groups is 1. The van der Waals surface area contributed by atoms with E-state index in [9.17, 15) is 0 Å². The fourth-order valence-corrected chi connectivity index (χ4v) is 4.48. The summed E-state index contributed by atoms with van der Waals surface area (Å²) in [5.41, 5.74) is 3.50. The second-order valence-electron chi connectivity index (χ2n) is 8.82. The number of aliphatic imine (C=N–C) groups is 1. The second kappa shape index (κ2) is 13.4. The van der Waals surface area contributed by atoms with Crippen LogP contribution in [-0.4, -0.2) is 24.0 Å². The molecule has 0 unspecified atom stereocenters. The van der Waals surface area contributed by atoms with Gasteiger partial charge in [-0.15, -0.1) is 0 Å². The van der Waals surface area contributed by atoms with Crippen LogP contribution in [0.5, 0.6) is 11.5 Å². The van der Waals surface area contributed by atoms with Crippen molar-refractivity contribution in [3.63, 3.8) is 0 Å². The van der Waals surface area contributed by atoms with Crippen molar-refractivity contribution >= 4 is 68.7 Å². The van der Waals surface area contributed by atoms with Crippen LogP contribution < -0.4 is 20.7 Å². The standard InChI is InChI=1S/C31H26Cl3N5O/c32-21-11-13-24-26(15-18-36-28(24)19-21)35-16-6-17-37-31(38-23-7-2-1-3-8-23)39-27-9-4-5-10-29(27)40-30-20-22(33)12-14-25(30)34/h1-5,7-15,18-20H,6,16-17H2,(H,35,36)(H2,37,38,39). The van der Waals surface area contributed by atoms with E-state index in [1.807, 2.05) is 78.9 Å². The third kappa shape index (κ3) is 7.36. The van der Waals surface area contributed by atoms with Crippen molar-refractivity contribution in [3.05, 3.63) is 118 Å². The number of nitrogens with zero attached hydrogens (tertiary/aromatic N) is 2. The molecule has 6 nitrogen and oxygen atoms in total. The van der Waals surface area contributed by atoms with Crippen LogP contribution in [0.3, 0.4) is 0 Å². The summed E-state index contributed by atoms with van der Waals surface area (Å²) in [5.74, 6) is 1.64. The summed E-state index contributed by atoms with van der Waals surface area (Å²) in [6.07, 6.45) is 2.58. The molecule has 4 aromatic carbocycles. The van der Waals surface area contributed by atoms with Gasteiger partial charge in [0, 0.05) is 52.2 Å². The minimum atomic E-state index is 0.466. The van der Waals surface area contributed by atoms with Gasteiger partial charge in [-0.25, -0.2) is 0 Å². The van der Waals surface area contributed by atoms with E-state index < -0.39 is 0 Å². The van der Waals surface area contributed by atoms with Crippen LogP contribution in [0.4, 0.5) is 17.1 Å². The monoisotopic (exact) mass is 589 g/mol. The molecule has 0 aliphatic rings. The largest absolute Gasteiger partial charge is 0.454 e. The number of ether oxygens (including phenoxy) is 1. The number of hydrogen-bond acceptors (Lipinski definition) is 4. The summed E-state index contributed by atoms with van der Waals surface area (Å²) in [5, 5.41) is 12.9. The Morgan fingerprint density at radius 2 is 1.52 bits per heavy atom. The highest BCUT2D eigenvalue weighted by molar-refractivity contribution is 6.34. The zero-order valence-corrected chi connectivity index (χ0v) is 23.6.